The molecule has 5 heteroatoms. The van der Waals surface area contributed by atoms with Gasteiger partial charge < -0.3 is 14.8 Å². The van der Waals surface area contributed by atoms with Crippen LogP contribution >= 0.6 is 15.9 Å². The molecule has 1 N–H and O–H groups in total. The van der Waals surface area contributed by atoms with Crippen LogP contribution in [-0.4, -0.2) is 19.1 Å². The standard InChI is InChI=1S/C18H18BrNO3/c1-2-15(12-6-4-3-5-7-12)20-18(21)13-10-16-17(11-14(13)19)23-9-8-22-16/h3-7,10-11,15H,2,8-9H2,1H3,(H,20,21). The summed E-state index contributed by atoms with van der Waals surface area (Å²) in [4.78, 5) is 12.7. The zero-order valence-electron chi connectivity index (χ0n) is 12.8. The van der Waals surface area contributed by atoms with E-state index in [1.807, 2.05) is 30.3 Å². The van der Waals surface area contributed by atoms with Crippen molar-refractivity contribution in [3.8, 4) is 11.5 Å². The van der Waals surface area contributed by atoms with Crippen LogP contribution in [0.3, 0.4) is 0 Å². The van der Waals surface area contributed by atoms with E-state index in [1.165, 1.54) is 0 Å². The summed E-state index contributed by atoms with van der Waals surface area (Å²) < 4.78 is 11.8. The number of carbonyl (C=O) groups excluding carboxylic acids is 1. The molecule has 23 heavy (non-hydrogen) atoms. The Morgan fingerprint density at radius 1 is 1.17 bits per heavy atom. The van der Waals surface area contributed by atoms with E-state index in [9.17, 15) is 4.79 Å². The van der Waals surface area contributed by atoms with Gasteiger partial charge in [0.2, 0.25) is 0 Å². The first-order chi connectivity index (χ1) is 11.2. The number of benzene rings is 2. The van der Waals surface area contributed by atoms with Gasteiger partial charge in [-0.25, -0.2) is 0 Å². The number of ether oxygens (including phenoxy) is 2. The number of fused-ring (bicyclic) bond motifs is 1. The molecule has 0 aromatic heterocycles. The molecular formula is C18H18BrNO3. The summed E-state index contributed by atoms with van der Waals surface area (Å²) in [5, 5.41) is 3.08. The van der Waals surface area contributed by atoms with E-state index in [-0.39, 0.29) is 11.9 Å². The number of nitrogens with one attached hydrogen (secondary N) is 1. The smallest absolute Gasteiger partial charge is 0.253 e. The largest absolute Gasteiger partial charge is 0.486 e. The lowest BCUT2D eigenvalue weighted by Crippen LogP contribution is -2.28. The Balaban J connectivity index is 1.82. The second-order valence-electron chi connectivity index (χ2n) is 5.32. The number of carbonyl (C=O) groups is 1. The molecule has 0 aliphatic carbocycles. The minimum atomic E-state index is -0.135. The van der Waals surface area contributed by atoms with Gasteiger partial charge in [0.25, 0.3) is 5.91 Å². The lowest BCUT2D eigenvalue weighted by Gasteiger charge is -2.21. The SMILES string of the molecule is CCC(NC(=O)c1cc2c(cc1Br)OCCO2)c1ccccc1. The van der Waals surface area contributed by atoms with Crippen molar-refractivity contribution in [1.82, 2.24) is 5.32 Å². The quantitative estimate of drug-likeness (QED) is 0.874. The van der Waals surface area contributed by atoms with Gasteiger partial charge in [0.15, 0.2) is 11.5 Å². The number of amides is 1. The van der Waals surface area contributed by atoms with E-state index in [0.717, 1.165) is 12.0 Å². The minimum Gasteiger partial charge on any atom is -0.486 e. The summed E-state index contributed by atoms with van der Waals surface area (Å²) in [6, 6.07) is 13.5. The molecule has 1 amide bonds. The van der Waals surface area contributed by atoms with Crippen molar-refractivity contribution in [2.24, 2.45) is 0 Å². The van der Waals surface area contributed by atoms with E-state index in [4.69, 9.17) is 9.47 Å². The molecule has 1 unspecified atom stereocenters. The highest BCUT2D eigenvalue weighted by atomic mass is 79.9. The summed E-state index contributed by atoms with van der Waals surface area (Å²) >= 11 is 3.45. The van der Waals surface area contributed by atoms with Crippen LogP contribution in [0, 0.1) is 0 Å². The van der Waals surface area contributed by atoms with Crippen LogP contribution in [-0.2, 0) is 0 Å². The Hall–Kier alpha value is -2.01. The molecule has 1 aliphatic heterocycles. The van der Waals surface area contributed by atoms with Gasteiger partial charge in [0.05, 0.1) is 11.6 Å². The topological polar surface area (TPSA) is 47.6 Å². The zero-order valence-corrected chi connectivity index (χ0v) is 14.4. The monoisotopic (exact) mass is 375 g/mol. The van der Waals surface area contributed by atoms with Crippen molar-refractivity contribution in [2.75, 3.05) is 13.2 Å². The predicted molar refractivity (Wildman–Crippen MR) is 92.1 cm³/mol. The van der Waals surface area contributed by atoms with Gasteiger partial charge in [-0.15, -0.1) is 0 Å². The summed E-state index contributed by atoms with van der Waals surface area (Å²) in [5.74, 6) is 1.14. The Bertz CT molecular complexity index is 703. The molecular weight excluding hydrogens is 358 g/mol. The third kappa shape index (κ3) is 3.50. The maximum Gasteiger partial charge on any atom is 0.253 e. The van der Waals surface area contributed by atoms with Crippen molar-refractivity contribution in [3.63, 3.8) is 0 Å². The number of halogens is 1. The average molecular weight is 376 g/mol. The van der Waals surface area contributed by atoms with Gasteiger partial charge in [-0.3, -0.25) is 4.79 Å². The summed E-state index contributed by atoms with van der Waals surface area (Å²) in [6.07, 6.45) is 0.817. The van der Waals surface area contributed by atoms with E-state index in [1.54, 1.807) is 12.1 Å². The highest BCUT2D eigenvalue weighted by molar-refractivity contribution is 9.10. The van der Waals surface area contributed by atoms with Gasteiger partial charge in [-0.05, 0) is 40.0 Å². The summed E-state index contributed by atoms with van der Waals surface area (Å²) in [7, 11) is 0. The second kappa shape index (κ2) is 7.04. The van der Waals surface area contributed by atoms with Crippen molar-refractivity contribution in [1.29, 1.82) is 0 Å². The Kier molecular flexibility index (Phi) is 4.86. The molecule has 2 aromatic carbocycles. The Morgan fingerprint density at radius 2 is 1.83 bits per heavy atom. The summed E-state index contributed by atoms with van der Waals surface area (Å²) in [5.41, 5.74) is 1.64. The van der Waals surface area contributed by atoms with Crippen LogP contribution in [0.2, 0.25) is 0 Å². The van der Waals surface area contributed by atoms with E-state index >= 15 is 0 Å². The number of rotatable bonds is 4. The number of hydrogen-bond acceptors (Lipinski definition) is 3. The maximum atomic E-state index is 12.7. The van der Waals surface area contributed by atoms with Crippen molar-refractivity contribution >= 4 is 21.8 Å². The third-order valence-corrected chi connectivity index (χ3v) is 4.45. The average Bonchev–Trinajstić information content (AvgIpc) is 2.59. The second-order valence-corrected chi connectivity index (χ2v) is 6.18. The molecule has 0 bridgehead atoms. The van der Waals surface area contributed by atoms with E-state index in [2.05, 4.69) is 28.2 Å². The minimum absolute atomic E-state index is 0.0243. The zero-order chi connectivity index (χ0) is 16.2. The van der Waals surface area contributed by atoms with Crippen LogP contribution < -0.4 is 14.8 Å². The third-order valence-electron chi connectivity index (χ3n) is 3.79. The highest BCUT2D eigenvalue weighted by Gasteiger charge is 2.20. The van der Waals surface area contributed by atoms with Gasteiger partial charge >= 0.3 is 0 Å². The van der Waals surface area contributed by atoms with Crippen LogP contribution in [0.5, 0.6) is 11.5 Å². The van der Waals surface area contributed by atoms with Crippen LogP contribution in [0.1, 0.15) is 35.3 Å². The van der Waals surface area contributed by atoms with Crippen LogP contribution in [0.25, 0.3) is 0 Å². The molecule has 0 saturated carbocycles. The van der Waals surface area contributed by atoms with Gasteiger partial charge in [0.1, 0.15) is 13.2 Å². The molecule has 1 aliphatic rings. The highest BCUT2D eigenvalue weighted by Crippen LogP contribution is 2.35. The van der Waals surface area contributed by atoms with Crippen molar-refractivity contribution < 1.29 is 14.3 Å². The predicted octanol–water partition coefficient (Wildman–Crippen LogP) is 4.10. The number of hydrogen-bond donors (Lipinski definition) is 1. The molecule has 0 saturated heterocycles. The van der Waals surface area contributed by atoms with Gasteiger partial charge in [-0.1, -0.05) is 37.3 Å². The molecule has 1 atom stereocenters. The van der Waals surface area contributed by atoms with E-state index < -0.39 is 0 Å². The Morgan fingerprint density at radius 3 is 2.48 bits per heavy atom. The fourth-order valence-corrected chi connectivity index (χ4v) is 3.08. The molecule has 4 nitrogen and oxygen atoms in total. The van der Waals surface area contributed by atoms with Crippen LogP contribution in [0.4, 0.5) is 0 Å². The molecule has 1 heterocycles. The first-order valence-electron chi connectivity index (χ1n) is 7.64. The molecule has 0 fully saturated rings. The van der Waals surface area contributed by atoms with Gasteiger partial charge in [-0.2, -0.15) is 0 Å². The first-order valence-corrected chi connectivity index (χ1v) is 8.43. The molecule has 0 spiro atoms. The first kappa shape index (κ1) is 15.9. The van der Waals surface area contributed by atoms with Crippen molar-refractivity contribution in [2.45, 2.75) is 19.4 Å². The lowest BCUT2D eigenvalue weighted by atomic mass is 10.0. The molecule has 120 valence electrons. The Labute approximate surface area is 143 Å². The normalized spacial score (nSPS) is 14.2. The molecule has 3 rings (SSSR count). The summed E-state index contributed by atoms with van der Waals surface area (Å²) in [6.45, 7) is 3.07. The lowest BCUT2D eigenvalue weighted by molar-refractivity contribution is 0.0933. The van der Waals surface area contributed by atoms with Crippen LogP contribution in [0.15, 0.2) is 46.9 Å². The fraction of sp³-hybridized carbons (Fsp3) is 0.278. The van der Waals surface area contributed by atoms with Crippen molar-refractivity contribution in [3.05, 3.63) is 58.1 Å². The van der Waals surface area contributed by atoms with E-state index in [0.29, 0.717) is 34.7 Å². The molecule has 0 radical (unpaired) electrons. The van der Waals surface area contributed by atoms with Gasteiger partial charge in [0, 0.05) is 4.47 Å². The maximum absolute atomic E-state index is 12.7. The fourth-order valence-electron chi connectivity index (χ4n) is 2.58. The molecule has 2 aromatic rings.